The molecule has 3 rings (SSSR count). The molecule has 0 atom stereocenters. The minimum atomic E-state index is 0.284. The third-order valence-corrected chi connectivity index (χ3v) is 3.56. The van der Waals surface area contributed by atoms with Crippen LogP contribution in [0.15, 0.2) is 60.7 Å². The topological polar surface area (TPSA) is 49.8 Å². The molecule has 0 saturated heterocycles. The van der Waals surface area contributed by atoms with Gasteiger partial charge in [0.25, 0.3) is 0 Å². The second kappa shape index (κ2) is 7.32. The van der Waals surface area contributed by atoms with Gasteiger partial charge < -0.3 is 10.6 Å². The van der Waals surface area contributed by atoms with Gasteiger partial charge >= 0.3 is 0 Å². The normalized spacial score (nSPS) is 10.7. The lowest BCUT2D eigenvalue weighted by Gasteiger charge is -2.13. The Morgan fingerprint density at radius 3 is 2.21 bits per heavy atom. The summed E-state index contributed by atoms with van der Waals surface area (Å²) in [6.45, 7) is 4.16. The maximum Gasteiger partial charge on any atom is 0.163 e. The fourth-order valence-electron chi connectivity index (χ4n) is 2.28. The molecule has 24 heavy (non-hydrogen) atoms. The van der Waals surface area contributed by atoms with Crippen molar-refractivity contribution in [3.63, 3.8) is 0 Å². The molecule has 0 aliphatic heterocycles. The maximum atomic E-state index is 5.94. The summed E-state index contributed by atoms with van der Waals surface area (Å²) in [5.74, 6) is 2.20. The summed E-state index contributed by atoms with van der Waals surface area (Å²) in [6.07, 6.45) is 0. The molecule has 2 aromatic carbocycles. The predicted molar refractivity (Wildman–Crippen MR) is 101 cm³/mol. The van der Waals surface area contributed by atoms with Gasteiger partial charge in [-0.2, -0.15) is 0 Å². The van der Waals surface area contributed by atoms with Crippen molar-refractivity contribution in [2.75, 3.05) is 10.6 Å². The molecule has 0 bridgehead atoms. The summed E-state index contributed by atoms with van der Waals surface area (Å²) >= 11 is 5.94. The Kier molecular flexibility index (Phi) is 4.96. The summed E-state index contributed by atoms with van der Waals surface area (Å²) in [7, 11) is 0. The van der Waals surface area contributed by atoms with Gasteiger partial charge in [-0.05, 0) is 38.1 Å². The second-order valence-corrected chi connectivity index (χ2v) is 6.20. The van der Waals surface area contributed by atoms with Crippen LogP contribution < -0.4 is 10.6 Å². The van der Waals surface area contributed by atoms with E-state index in [0.717, 1.165) is 22.9 Å². The second-order valence-electron chi connectivity index (χ2n) is 5.76. The Morgan fingerprint density at radius 1 is 0.875 bits per heavy atom. The lowest BCUT2D eigenvalue weighted by atomic mass is 10.2. The van der Waals surface area contributed by atoms with Crippen LogP contribution in [0.3, 0.4) is 0 Å². The zero-order chi connectivity index (χ0) is 16.9. The molecule has 0 unspecified atom stereocenters. The van der Waals surface area contributed by atoms with Gasteiger partial charge in [-0.1, -0.05) is 41.9 Å². The number of rotatable bonds is 5. The molecule has 1 heterocycles. The van der Waals surface area contributed by atoms with Gasteiger partial charge in [0.2, 0.25) is 0 Å². The summed E-state index contributed by atoms with van der Waals surface area (Å²) in [4.78, 5) is 9.25. The molecule has 0 aliphatic rings. The smallest absolute Gasteiger partial charge is 0.163 e. The van der Waals surface area contributed by atoms with Crippen LogP contribution in [-0.2, 0) is 0 Å². The largest absolute Gasteiger partial charge is 0.368 e. The number of hydrogen-bond acceptors (Lipinski definition) is 4. The Labute approximate surface area is 146 Å². The average Bonchev–Trinajstić information content (AvgIpc) is 2.57. The molecule has 0 radical (unpaired) electrons. The number of nitrogens with zero attached hydrogens (tertiary/aromatic N) is 2. The number of anilines is 3. The molecule has 4 nitrogen and oxygen atoms in total. The molecular weight excluding hydrogens is 320 g/mol. The van der Waals surface area contributed by atoms with Crippen molar-refractivity contribution >= 4 is 28.9 Å². The number of nitrogens with one attached hydrogen (secondary N) is 2. The van der Waals surface area contributed by atoms with Crippen LogP contribution in [0, 0.1) is 0 Å². The van der Waals surface area contributed by atoms with E-state index in [1.165, 1.54) is 0 Å². The van der Waals surface area contributed by atoms with Crippen molar-refractivity contribution in [2.45, 2.75) is 19.9 Å². The maximum absolute atomic E-state index is 5.94. The fraction of sp³-hybridized carbons (Fsp3) is 0.158. The van der Waals surface area contributed by atoms with Crippen molar-refractivity contribution in [2.24, 2.45) is 0 Å². The van der Waals surface area contributed by atoms with E-state index < -0.39 is 0 Å². The monoisotopic (exact) mass is 338 g/mol. The summed E-state index contributed by atoms with van der Waals surface area (Å²) in [5, 5.41) is 7.35. The first kappa shape index (κ1) is 16.3. The minimum absolute atomic E-state index is 0.284. The molecule has 5 heteroatoms. The molecule has 2 N–H and O–H groups in total. The van der Waals surface area contributed by atoms with E-state index in [1.807, 2.05) is 60.7 Å². The molecule has 0 aliphatic carbocycles. The molecular formula is C19H19ClN4. The van der Waals surface area contributed by atoms with Crippen LogP contribution in [0.5, 0.6) is 0 Å². The van der Waals surface area contributed by atoms with E-state index in [9.17, 15) is 0 Å². The van der Waals surface area contributed by atoms with Crippen molar-refractivity contribution in [3.8, 4) is 11.4 Å². The fourth-order valence-corrected chi connectivity index (χ4v) is 2.40. The first-order chi connectivity index (χ1) is 11.6. The Bertz CT molecular complexity index is 801. The van der Waals surface area contributed by atoms with E-state index in [4.69, 9.17) is 11.6 Å². The van der Waals surface area contributed by atoms with Crippen LogP contribution in [-0.4, -0.2) is 16.0 Å². The minimum Gasteiger partial charge on any atom is -0.368 e. The van der Waals surface area contributed by atoms with Crippen molar-refractivity contribution in [1.82, 2.24) is 9.97 Å². The molecule has 0 amide bonds. The van der Waals surface area contributed by atoms with Gasteiger partial charge in [-0.3, -0.25) is 0 Å². The molecule has 0 saturated carbocycles. The molecule has 3 aromatic rings. The number of hydrogen-bond donors (Lipinski definition) is 2. The van der Waals surface area contributed by atoms with Gasteiger partial charge in [0, 0.05) is 28.4 Å². The Balaban J connectivity index is 1.96. The van der Waals surface area contributed by atoms with Gasteiger partial charge in [0.15, 0.2) is 5.82 Å². The average molecular weight is 339 g/mol. The van der Waals surface area contributed by atoms with E-state index in [1.54, 1.807) is 0 Å². The lowest BCUT2D eigenvalue weighted by molar-refractivity contribution is 0.887. The number of benzene rings is 2. The van der Waals surface area contributed by atoms with E-state index in [0.29, 0.717) is 10.8 Å². The van der Waals surface area contributed by atoms with Crippen LogP contribution in [0.1, 0.15) is 13.8 Å². The highest BCUT2D eigenvalue weighted by atomic mass is 35.5. The van der Waals surface area contributed by atoms with E-state index in [-0.39, 0.29) is 6.04 Å². The number of halogens is 1. The van der Waals surface area contributed by atoms with Crippen LogP contribution in [0.4, 0.5) is 17.3 Å². The predicted octanol–water partition coefficient (Wildman–Crippen LogP) is 5.36. The first-order valence-electron chi connectivity index (χ1n) is 7.84. The van der Waals surface area contributed by atoms with Crippen LogP contribution in [0.2, 0.25) is 5.02 Å². The lowest BCUT2D eigenvalue weighted by Crippen LogP contribution is -2.12. The summed E-state index contributed by atoms with van der Waals surface area (Å²) in [6, 6.07) is 19.7. The molecule has 0 spiro atoms. The SMILES string of the molecule is CC(C)Nc1cc(Nc2ccc(Cl)cc2)nc(-c2ccccc2)n1. The van der Waals surface area contributed by atoms with Crippen LogP contribution in [0.25, 0.3) is 11.4 Å². The number of aromatic nitrogens is 2. The van der Waals surface area contributed by atoms with Crippen LogP contribution >= 0.6 is 11.6 Å². The van der Waals surface area contributed by atoms with Gasteiger partial charge in [0.05, 0.1) is 0 Å². The highest BCUT2D eigenvalue weighted by Crippen LogP contribution is 2.23. The quantitative estimate of drug-likeness (QED) is 0.657. The molecule has 0 fully saturated rings. The van der Waals surface area contributed by atoms with E-state index in [2.05, 4.69) is 34.4 Å². The highest BCUT2D eigenvalue weighted by molar-refractivity contribution is 6.30. The van der Waals surface area contributed by atoms with E-state index >= 15 is 0 Å². The Hall–Kier alpha value is -2.59. The standard InChI is InChI=1S/C19H19ClN4/c1-13(2)21-17-12-18(22-16-10-8-15(20)9-11-16)24-19(23-17)14-6-4-3-5-7-14/h3-13H,1-2H3,(H2,21,22,23,24). The zero-order valence-electron chi connectivity index (χ0n) is 13.6. The van der Waals surface area contributed by atoms with Crippen molar-refractivity contribution in [1.29, 1.82) is 0 Å². The highest BCUT2D eigenvalue weighted by Gasteiger charge is 2.08. The third kappa shape index (κ3) is 4.24. The van der Waals surface area contributed by atoms with Gasteiger partial charge in [0.1, 0.15) is 11.6 Å². The zero-order valence-corrected chi connectivity index (χ0v) is 14.4. The van der Waals surface area contributed by atoms with Gasteiger partial charge in [-0.15, -0.1) is 0 Å². The summed E-state index contributed by atoms with van der Waals surface area (Å²) < 4.78 is 0. The first-order valence-corrected chi connectivity index (χ1v) is 8.21. The van der Waals surface area contributed by atoms with Crippen molar-refractivity contribution in [3.05, 3.63) is 65.7 Å². The van der Waals surface area contributed by atoms with Crippen molar-refractivity contribution < 1.29 is 0 Å². The Morgan fingerprint density at radius 2 is 1.54 bits per heavy atom. The van der Waals surface area contributed by atoms with Gasteiger partial charge in [-0.25, -0.2) is 9.97 Å². The molecule has 122 valence electrons. The summed E-state index contributed by atoms with van der Waals surface area (Å²) in [5.41, 5.74) is 1.90. The third-order valence-electron chi connectivity index (χ3n) is 3.31. The molecule has 1 aromatic heterocycles.